The van der Waals surface area contributed by atoms with E-state index in [1.54, 1.807) is 6.26 Å². The van der Waals surface area contributed by atoms with Gasteiger partial charge in [0.2, 0.25) is 5.89 Å². The van der Waals surface area contributed by atoms with Gasteiger partial charge in [-0.15, -0.1) is 0 Å². The van der Waals surface area contributed by atoms with Crippen LogP contribution in [0.25, 0.3) is 22.2 Å². The average Bonchev–Trinajstić information content (AvgIpc) is 3.09. The number of benzene rings is 2. The highest BCUT2D eigenvalue weighted by atomic mass is 16.3. The Morgan fingerprint density at radius 3 is 2.75 bits per heavy atom. The molecule has 0 fully saturated rings. The Morgan fingerprint density at radius 1 is 1.08 bits per heavy atom. The maximum atomic E-state index is 5.68. The van der Waals surface area contributed by atoms with Crippen molar-refractivity contribution in [3.63, 3.8) is 0 Å². The molecule has 3 nitrogen and oxygen atoms in total. The number of nitrogens with zero attached hydrogens (tertiary/aromatic N) is 1. The van der Waals surface area contributed by atoms with Crippen molar-refractivity contribution in [2.75, 3.05) is 0 Å². The van der Waals surface area contributed by atoms with E-state index < -0.39 is 0 Å². The zero-order chi connectivity index (χ0) is 16.8. The molecule has 0 saturated heterocycles. The van der Waals surface area contributed by atoms with Crippen molar-refractivity contribution in [2.24, 2.45) is 0 Å². The van der Waals surface area contributed by atoms with Gasteiger partial charge in [-0.05, 0) is 36.2 Å². The van der Waals surface area contributed by atoms with Crippen LogP contribution in [0.4, 0.5) is 0 Å². The third-order valence-corrected chi connectivity index (χ3v) is 4.42. The molecule has 3 rings (SSSR count). The van der Waals surface area contributed by atoms with Crippen molar-refractivity contribution < 1.29 is 4.42 Å². The fourth-order valence-corrected chi connectivity index (χ4v) is 2.92. The van der Waals surface area contributed by atoms with E-state index in [0.29, 0.717) is 11.9 Å². The Kier molecular flexibility index (Phi) is 5.65. The van der Waals surface area contributed by atoms with Gasteiger partial charge in [-0.2, -0.15) is 0 Å². The maximum Gasteiger partial charge on any atom is 0.226 e. The van der Waals surface area contributed by atoms with Gasteiger partial charge < -0.3 is 9.73 Å². The molecule has 1 heterocycles. The Bertz CT molecular complexity index is 778. The molecule has 1 N–H and O–H groups in total. The van der Waals surface area contributed by atoms with Gasteiger partial charge in [-0.1, -0.05) is 56.5 Å². The molecule has 1 atom stereocenters. The third kappa shape index (κ3) is 4.24. The van der Waals surface area contributed by atoms with Crippen LogP contribution < -0.4 is 5.32 Å². The number of fused-ring (bicyclic) bond motifs is 1. The van der Waals surface area contributed by atoms with Gasteiger partial charge >= 0.3 is 0 Å². The zero-order valence-electron chi connectivity index (χ0n) is 14.6. The van der Waals surface area contributed by atoms with Crippen LogP contribution >= 0.6 is 0 Å². The Labute approximate surface area is 144 Å². The second-order valence-corrected chi connectivity index (χ2v) is 6.48. The third-order valence-electron chi connectivity index (χ3n) is 4.42. The van der Waals surface area contributed by atoms with Gasteiger partial charge in [0, 0.05) is 18.2 Å². The van der Waals surface area contributed by atoms with Crippen LogP contribution in [0.2, 0.25) is 0 Å². The highest BCUT2D eigenvalue weighted by Crippen LogP contribution is 2.24. The zero-order valence-corrected chi connectivity index (χ0v) is 14.6. The molecule has 3 aromatic rings. The normalized spacial score (nSPS) is 12.6. The number of hydrogen-bond acceptors (Lipinski definition) is 3. The van der Waals surface area contributed by atoms with Crippen LogP contribution in [0.3, 0.4) is 0 Å². The summed E-state index contributed by atoms with van der Waals surface area (Å²) >= 11 is 0. The van der Waals surface area contributed by atoms with Gasteiger partial charge in [-0.3, -0.25) is 0 Å². The lowest BCUT2D eigenvalue weighted by Crippen LogP contribution is -2.25. The summed E-state index contributed by atoms with van der Waals surface area (Å²) in [7, 11) is 0. The van der Waals surface area contributed by atoms with E-state index in [1.165, 1.54) is 36.5 Å². The maximum absolute atomic E-state index is 5.68. The predicted octanol–water partition coefficient (Wildman–Crippen LogP) is 5.55. The molecule has 0 aliphatic heterocycles. The van der Waals surface area contributed by atoms with E-state index in [0.717, 1.165) is 17.8 Å². The van der Waals surface area contributed by atoms with Gasteiger partial charge in [-0.25, -0.2) is 4.98 Å². The van der Waals surface area contributed by atoms with Crippen LogP contribution in [-0.4, -0.2) is 11.0 Å². The quantitative estimate of drug-likeness (QED) is 0.552. The van der Waals surface area contributed by atoms with Crippen LogP contribution in [0, 0.1) is 0 Å². The van der Waals surface area contributed by atoms with E-state index >= 15 is 0 Å². The lowest BCUT2D eigenvalue weighted by Gasteiger charge is -2.11. The summed E-state index contributed by atoms with van der Waals surface area (Å²) in [5.41, 5.74) is 1.98. The molecule has 0 spiro atoms. The van der Waals surface area contributed by atoms with Gasteiger partial charge in [0.25, 0.3) is 0 Å². The number of aromatic nitrogens is 1. The van der Waals surface area contributed by atoms with E-state index in [1.807, 2.05) is 0 Å². The number of oxazole rings is 1. The van der Waals surface area contributed by atoms with Crippen molar-refractivity contribution in [1.29, 1.82) is 0 Å². The molecule has 0 saturated carbocycles. The molecule has 126 valence electrons. The van der Waals surface area contributed by atoms with E-state index in [9.17, 15) is 0 Å². The lowest BCUT2D eigenvalue weighted by molar-refractivity contribution is 0.483. The largest absolute Gasteiger partial charge is 0.444 e. The number of hydrogen-bond donors (Lipinski definition) is 1. The number of unbranched alkanes of at least 4 members (excludes halogenated alkanes) is 2. The first-order valence-electron chi connectivity index (χ1n) is 8.93. The highest BCUT2D eigenvalue weighted by Gasteiger charge is 2.08. The van der Waals surface area contributed by atoms with Crippen molar-refractivity contribution in [3.05, 3.63) is 54.4 Å². The molecule has 24 heavy (non-hydrogen) atoms. The van der Waals surface area contributed by atoms with Gasteiger partial charge in [0.15, 0.2) is 0 Å². The minimum Gasteiger partial charge on any atom is -0.444 e. The second-order valence-electron chi connectivity index (χ2n) is 6.48. The molecule has 3 heteroatoms. The first-order chi connectivity index (χ1) is 11.8. The molecule has 0 radical (unpaired) electrons. The summed E-state index contributed by atoms with van der Waals surface area (Å²) in [4.78, 5) is 4.63. The number of nitrogens with one attached hydrogen (secondary N) is 1. The number of rotatable bonds is 8. The minimum absolute atomic E-state index is 0.511. The van der Waals surface area contributed by atoms with Crippen LogP contribution in [0.15, 0.2) is 53.1 Å². The first kappa shape index (κ1) is 16.7. The molecular weight excluding hydrogens is 296 g/mol. The van der Waals surface area contributed by atoms with Crippen molar-refractivity contribution in [3.8, 4) is 11.5 Å². The topological polar surface area (TPSA) is 38.1 Å². The minimum atomic E-state index is 0.511. The van der Waals surface area contributed by atoms with Crippen molar-refractivity contribution in [2.45, 2.75) is 52.1 Å². The van der Waals surface area contributed by atoms with E-state index in [2.05, 4.69) is 66.6 Å². The van der Waals surface area contributed by atoms with Crippen molar-refractivity contribution in [1.82, 2.24) is 10.3 Å². The second kappa shape index (κ2) is 8.11. The average molecular weight is 322 g/mol. The molecule has 0 amide bonds. The summed E-state index contributed by atoms with van der Waals surface area (Å²) in [5.74, 6) is 0.691. The Balaban J connectivity index is 1.62. The Hall–Kier alpha value is -2.13. The summed E-state index contributed by atoms with van der Waals surface area (Å²) in [6.07, 6.45) is 6.83. The standard InChI is InChI=1S/C21H26N2O/c1-3-4-5-8-16(2)22-14-20-15-24-21(23-20)19-12-11-17-9-6-7-10-18(17)13-19/h6-7,9-13,15-16,22H,3-5,8,14H2,1-2H3. The summed E-state index contributed by atoms with van der Waals surface area (Å²) in [6, 6.07) is 15.2. The first-order valence-corrected chi connectivity index (χ1v) is 8.93. The summed E-state index contributed by atoms with van der Waals surface area (Å²) in [5, 5.41) is 5.97. The van der Waals surface area contributed by atoms with Crippen LogP contribution in [0.1, 0.15) is 45.2 Å². The molecule has 1 aromatic heterocycles. The molecule has 0 aliphatic rings. The fourth-order valence-electron chi connectivity index (χ4n) is 2.92. The van der Waals surface area contributed by atoms with Crippen LogP contribution in [0.5, 0.6) is 0 Å². The summed E-state index contributed by atoms with van der Waals surface area (Å²) in [6.45, 7) is 5.23. The van der Waals surface area contributed by atoms with Gasteiger partial charge in [0.05, 0.1) is 5.69 Å². The molecule has 0 bridgehead atoms. The Morgan fingerprint density at radius 2 is 1.92 bits per heavy atom. The molecular formula is C21H26N2O. The van der Waals surface area contributed by atoms with E-state index in [4.69, 9.17) is 4.42 Å². The smallest absolute Gasteiger partial charge is 0.226 e. The molecule has 1 unspecified atom stereocenters. The van der Waals surface area contributed by atoms with Crippen molar-refractivity contribution >= 4 is 10.8 Å². The monoisotopic (exact) mass is 322 g/mol. The SMILES string of the molecule is CCCCCC(C)NCc1coc(-c2ccc3ccccc3c2)n1. The lowest BCUT2D eigenvalue weighted by atomic mass is 10.1. The van der Waals surface area contributed by atoms with Gasteiger partial charge in [0.1, 0.15) is 6.26 Å². The van der Waals surface area contributed by atoms with Crippen LogP contribution in [-0.2, 0) is 6.54 Å². The molecule has 0 aliphatic carbocycles. The summed E-state index contributed by atoms with van der Waals surface area (Å²) < 4.78 is 5.68. The fraction of sp³-hybridized carbons (Fsp3) is 0.381. The highest BCUT2D eigenvalue weighted by molar-refractivity contribution is 5.86. The van der Waals surface area contributed by atoms with E-state index in [-0.39, 0.29) is 0 Å². The predicted molar refractivity (Wildman–Crippen MR) is 99.9 cm³/mol. The molecule has 2 aromatic carbocycles.